The van der Waals surface area contributed by atoms with E-state index in [0.29, 0.717) is 62.5 Å². The van der Waals surface area contributed by atoms with Gasteiger partial charge < -0.3 is 47.4 Å². The normalized spacial score (nSPS) is 21.2. The highest BCUT2D eigenvalue weighted by Gasteiger charge is 2.62. The van der Waals surface area contributed by atoms with Gasteiger partial charge in [-0.2, -0.15) is 15.8 Å². The van der Waals surface area contributed by atoms with Crippen molar-refractivity contribution in [3.05, 3.63) is 179 Å². The Hall–Kier alpha value is -14.2. The van der Waals surface area contributed by atoms with Crippen molar-refractivity contribution in [2.24, 2.45) is 59.2 Å². The summed E-state index contributed by atoms with van der Waals surface area (Å²) in [5.41, 5.74) is -4.76. The van der Waals surface area contributed by atoms with E-state index in [4.69, 9.17) is 63.2 Å². The van der Waals surface area contributed by atoms with E-state index >= 15 is 0 Å². The van der Waals surface area contributed by atoms with E-state index in [0.717, 1.165) is 125 Å². The van der Waals surface area contributed by atoms with Gasteiger partial charge in [-0.05, 0) is 152 Å². The molecule has 0 radical (unpaired) electrons. The summed E-state index contributed by atoms with van der Waals surface area (Å²) in [4.78, 5) is 237. The Bertz CT molecular complexity index is 5090. The van der Waals surface area contributed by atoms with Crippen molar-refractivity contribution >= 4 is 107 Å². The number of ether oxygens (including phenoxy) is 10. The van der Waals surface area contributed by atoms with Crippen LogP contribution in [-0.4, -0.2) is 215 Å². The number of imide groups is 4. The van der Waals surface area contributed by atoms with Gasteiger partial charge in [-0.15, -0.1) is 0 Å². The highest BCUT2D eigenvalue weighted by atomic mass is 16.6. The second-order valence-electron chi connectivity index (χ2n) is 38.1. The molecule has 0 aromatic heterocycles. The fourth-order valence-electron chi connectivity index (χ4n) is 20.3. The summed E-state index contributed by atoms with van der Waals surface area (Å²) in [6.07, 6.45) is 19.3. The second kappa shape index (κ2) is 50.1. The number of nitrogens with zero attached hydrogens (tertiary/aromatic N) is 7. The molecule has 6 saturated carbocycles. The lowest BCUT2D eigenvalue weighted by Gasteiger charge is -2.39. The van der Waals surface area contributed by atoms with E-state index in [1.807, 2.05) is 0 Å². The monoisotopic (exact) mass is 1940 g/mol. The average Bonchev–Trinajstić information content (AvgIpc) is 1.64. The number of esters is 10. The zero-order valence-electron chi connectivity index (χ0n) is 79.3. The maximum Gasteiger partial charge on any atom is 0.338 e. The molecular weight excluding hydrogens is 1820 g/mol. The Labute approximate surface area is 817 Å². The van der Waals surface area contributed by atoms with Crippen LogP contribution in [0, 0.1) is 93.2 Å². The molecule has 5 aromatic carbocycles. The third-order valence-corrected chi connectivity index (χ3v) is 28.0. The van der Waals surface area contributed by atoms with Gasteiger partial charge in [-0.1, -0.05) is 181 Å². The van der Waals surface area contributed by atoms with Crippen LogP contribution in [0.25, 0.3) is 0 Å². The summed E-state index contributed by atoms with van der Waals surface area (Å²) < 4.78 is 54.7. The molecular formula is C106H119N7O28. The third-order valence-electron chi connectivity index (χ3n) is 28.0. The molecule has 0 bridgehead atoms. The SMILES string of the molecule is CC(COC(=O)C1CCCCC1)(COC(=O)C1CCCCC1)N1C(=O)C2CCCCC2C1=O.CC(COC(=O)c1ccccc1)(COC(=O)c1ccccc1)N1C(=O)C2CCCCC2C1=O.N#CCC(=O)OCC(COC(=O)CC#N)(COC(=O)CC#N)N1C(=O)C2CCCCC2C1=O.O=C(OCC(COC(=O)c1ccccc1)(COC(=O)c1ccccc1)N1C(=O)C2CCCCC2C1=O)c1ccccc1. The average molecular weight is 1940 g/mol. The van der Waals surface area contributed by atoms with E-state index in [-0.39, 0.29) is 114 Å². The lowest BCUT2D eigenvalue weighted by molar-refractivity contribution is -0.174. The minimum Gasteiger partial charge on any atom is -0.463 e. The molecule has 0 spiro atoms. The van der Waals surface area contributed by atoms with Gasteiger partial charge in [-0.3, -0.25) is 81.9 Å². The summed E-state index contributed by atoms with van der Waals surface area (Å²) in [5, 5.41) is 26.1. The highest BCUT2D eigenvalue weighted by molar-refractivity contribution is 6.09. The number of hydrogen-bond acceptors (Lipinski definition) is 31. The Morgan fingerprint density at radius 2 is 0.426 bits per heavy atom. The summed E-state index contributed by atoms with van der Waals surface area (Å²) in [7, 11) is 0. The molecule has 746 valence electrons. The minimum absolute atomic E-state index is 0.125. The molecule has 8 amide bonds. The molecule has 8 atom stereocenters. The predicted molar refractivity (Wildman–Crippen MR) is 494 cm³/mol. The van der Waals surface area contributed by atoms with Crippen molar-refractivity contribution in [3.63, 3.8) is 0 Å². The van der Waals surface area contributed by atoms with Gasteiger partial charge in [0.25, 0.3) is 0 Å². The highest BCUT2D eigenvalue weighted by Crippen LogP contribution is 2.47. The second-order valence-corrected chi connectivity index (χ2v) is 38.1. The largest absolute Gasteiger partial charge is 0.463 e. The molecule has 35 nitrogen and oxygen atoms in total. The number of carbonyl (C=O) groups excluding carboxylic acids is 18. The molecule has 0 N–H and O–H groups in total. The molecule has 4 heterocycles. The third kappa shape index (κ3) is 26.3. The molecule has 35 heteroatoms. The Kier molecular flexibility index (Phi) is 37.6. The number of benzene rings is 5. The number of likely N-dealkylation sites (tertiary alicyclic amines) is 4. The summed E-state index contributed by atoms with van der Waals surface area (Å²) in [6, 6.07) is 46.4. The predicted octanol–water partition coefficient (Wildman–Crippen LogP) is 12.5. The van der Waals surface area contributed by atoms with Crippen LogP contribution in [0.3, 0.4) is 0 Å². The fraction of sp³-hybridized carbons (Fsp3) is 0.519. The van der Waals surface area contributed by atoms with Crippen molar-refractivity contribution < 1.29 is 134 Å². The van der Waals surface area contributed by atoms with Crippen LogP contribution in [-0.2, 0) is 110 Å². The van der Waals surface area contributed by atoms with Crippen LogP contribution in [0.2, 0.25) is 0 Å². The van der Waals surface area contributed by atoms with Crippen LogP contribution in [0.4, 0.5) is 0 Å². The maximum atomic E-state index is 13.8. The van der Waals surface area contributed by atoms with Gasteiger partial charge in [-0.25, -0.2) is 24.0 Å². The first-order valence-corrected chi connectivity index (χ1v) is 48.5. The number of hydrogen-bond donors (Lipinski definition) is 0. The van der Waals surface area contributed by atoms with Crippen LogP contribution in [0.15, 0.2) is 152 Å². The molecule has 5 aromatic rings. The lowest BCUT2D eigenvalue weighted by Crippen LogP contribution is -2.61. The van der Waals surface area contributed by atoms with Gasteiger partial charge in [0.2, 0.25) is 47.3 Å². The molecule has 10 fully saturated rings. The molecule has 10 aliphatic rings. The van der Waals surface area contributed by atoms with Crippen LogP contribution >= 0.6 is 0 Å². The standard InChI is InChI=1S/C33H31NO8.C26H39NO6.C26H27NO6.C21H22N4O8/c35-28-26-18-10-11-19-27(26)29(36)34(28)33(20-40-30(37)23-12-4-1-5-13-23,21-41-31(38)24-14-6-2-7-15-24)22-42-32(39)25-16-8-3-9-17-25;2*1-26(16-32-24(30)18-10-4-2-5-11-18,17-33-25(31)19-12-6-3-7-13-19)27-22(28)20-14-8-9-15-21(20)23(27)29;22-8-5-16(26)31-11-21(12-32-17(27)6-9-23,13-33-18(28)7-10-24)25-19(29)14-3-1-2-4-15(14)20(25)30/h1-9,12-17,26-27H,10-11,18-22H2;18-21H,2-17H2,1H3;2-7,10-13,20-21H,8-9,14-17H2,1H3;14-15H,1-7,11-13H2. The van der Waals surface area contributed by atoms with Crippen molar-refractivity contribution in [2.75, 3.05) is 66.1 Å². The Balaban J connectivity index is 0.000000169. The van der Waals surface area contributed by atoms with Crippen molar-refractivity contribution in [3.8, 4) is 18.2 Å². The van der Waals surface area contributed by atoms with Gasteiger partial charge in [0.1, 0.15) is 96.4 Å². The first kappa shape index (κ1) is 106. The number of rotatable bonds is 34. The first-order chi connectivity index (χ1) is 68.0. The first-order valence-electron chi connectivity index (χ1n) is 48.5. The van der Waals surface area contributed by atoms with Gasteiger partial charge in [0, 0.05) is 0 Å². The number of fused-ring (bicyclic) bond motifs is 4. The van der Waals surface area contributed by atoms with Crippen LogP contribution in [0.5, 0.6) is 0 Å². The number of carbonyl (C=O) groups is 18. The Morgan fingerprint density at radius 3 is 0.631 bits per heavy atom. The van der Waals surface area contributed by atoms with E-state index < -0.39 is 176 Å². The van der Waals surface area contributed by atoms with Crippen molar-refractivity contribution in [1.29, 1.82) is 15.8 Å². The quantitative estimate of drug-likeness (QED) is 0.0210. The van der Waals surface area contributed by atoms with Crippen LogP contribution in [0.1, 0.15) is 252 Å². The molecule has 4 saturated heterocycles. The van der Waals surface area contributed by atoms with E-state index in [9.17, 15) is 86.3 Å². The van der Waals surface area contributed by atoms with E-state index in [1.165, 1.54) is 9.80 Å². The van der Waals surface area contributed by atoms with Crippen molar-refractivity contribution in [2.45, 2.75) is 222 Å². The minimum atomic E-state index is -1.92. The zero-order chi connectivity index (χ0) is 101. The van der Waals surface area contributed by atoms with Gasteiger partial charge >= 0.3 is 59.7 Å². The summed E-state index contributed by atoms with van der Waals surface area (Å²) >= 11 is 0. The number of amides is 8. The molecule has 15 rings (SSSR count). The molecule has 6 aliphatic carbocycles. The topological polar surface area (TPSA) is 484 Å². The summed E-state index contributed by atoms with van der Waals surface area (Å²) in [5.74, 6) is -13.6. The maximum absolute atomic E-state index is 13.8. The van der Waals surface area contributed by atoms with Gasteiger partial charge in [0.15, 0.2) is 11.1 Å². The van der Waals surface area contributed by atoms with Gasteiger partial charge in [0.05, 0.1) is 105 Å². The molecule has 8 unspecified atom stereocenters. The summed E-state index contributed by atoms with van der Waals surface area (Å²) in [6.45, 7) is -1.28. The van der Waals surface area contributed by atoms with E-state index in [2.05, 4.69) is 0 Å². The number of nitriles is 3. The Morgan fingerprint density at radius 1 is 0.248 bits per heavy atom. The fourth-order valence-corrected chi connectivity index (χ4v) is 20.3. The zero-order valence-corrected chi connectivity index (χ0v) is 79.3. The van der Waals surface area contributed by atoms with Crippen molar-refractivity contribution in [1.82, 2.24) is 19.6 Å². The molecule has 141 heavy (non-hydrogen) atoms. The van der Waals surface area contributed by atoms with E-state index in [1.54, 1.807) is 184 Å². The molecule has 4 aliphatic heterocycles. The van der Waals surface area contributed by atoms with Crippen LogP contribution < -0.4 is 0 Å². The smallest absolute Gasteiger partial charge is 0.338 e. The lowest BCUT2D eigenvalue weighted by atomic mass is 9.81.